The largest absolute Gasteiger partial charge is 0.454 e. The summed E-state index contributed by atoms with van der Waals surface area (Å²) in [5, 5.41) is 4.29. The quantitative estimate of drug-likeness (QED) is 0.170. The molecule has 0 radical (unpaired) electrons. The second-order valence-corrected chi connectivity index (χ2v) is 15.1. The summed E-state index contributed by atoms with van der Waals surface area (Å²) in [6.07, 6.45) is 0. The van der Waals surface area contributed by atoms with Gasteiger partial charge in [0, 0.05) is 32.8 Å². The molecular weight excluding hydrogens is 707 g/mol. The second-order valence-electron chi connectivity index (χ2n) is 15.1. The van der Waals surface area contributed by atoms with Crippen molar-refractivity contribution >= 4 is 60.9 Å². The highest BCUT2D eigenvalue weighted by Gasteiger charge is 2.47. The first-order valence-corrected chi connectivity index (χ1v) is 19.8. The molecule has 58 heavy (non-hydrogen) atoms. The van der Waals surface area contributed by atoms with Crippen molar-refractivity contribution in [2.24, 2.45) is 0 Å². The van der Waals surface area contributed by atoms with Gasteiger partial charge in [0.1, 0.15) is 11.2 Å². The zero-order chi connectivity index (χ0) is 38.2. The molecule has 0 bridgehead atoms. The van der Waals surface area contributed by atoms with Crippen molar-refractivity contribution in [1.29, 1.82) is 0 Å². The van der Waals surface area contributed by atoms with Gasteiger partial charge in [0.05, 0.1) is 16.8 Å². The van der Waals surface area contributed by atoms with Crippen LogP contribution >= 0.6 is 0 Å². The molecule has 3 nitrogen and oxygen atoms in total. The Kier molecular flexibility index (Phi) is 7.14. The van der Waals surface area contributed by atoms with E-state index in [0.29, 0.717) is 0 Å². The molecule has 12 rings (SSSR count). The fourth-order valence-electron chi connectivity index (χ4n) is 9.71. The maximum atomic E-state index is 7.42. The molecule has 0 saturated heterocycles. The lowest BCUT2D eigenvalue weighted by atomic mass is 9.67. The molecule has 1 aliphatic carbocycles. The van der Waals surface area contributed by atoms with E-state index >= 15 is 0 Å². The Balaban J connectivity index is 1.14. The first kappa shape index (κ1) is 32.6. The normalized spacial score (nSPS) is 13.0. The SMILES string of the molecule is c1ccc(-c2ccc(N(c3cccc4c3oc3ccccc34)c3cccc4c3oc3c(C5(c6ccccc6)c6ccccc6-c6ccccc65)cccc34)cc2)cc1. The zero-order valence-corrected chi connectivity index (χ0v) is 31.5. The maximum Gasteiger partial charge on any atom is 0.159 e. The minimum atomic E-state index is -0.602. The number of furan rings is 2. The summed E-state index contributed by atoms with van der Waals surface area (Å²) in [4.78, 5) is 2.30. The lowest BCUT2D eigenvalue weighted by Gasteiger charge is -2.33. The molecule has 11 aromatic rings. The highest BCUT2D eigenvalue weighted by Crippen LogP contribution is 2.58. The van der Waals surface area contributed by atoms with E-state index < -0.39 is 5.41 Å². The molecule has 2 heterocycles. The molecule has 2 aromatic heterocycles. The van der Waals surface area contributed by atoms with Crippen LogP contribution in [0.5, 0.6) is 0 Å². The number of benzene rings is 9. The lowest BCUT2D eigenvalue weighted by Crippen LogP contribution is -2.28. The van der Waals surface area contributed by atoms with E-state index in [1.807, 2.05) is 12.1 Å². The Morgan fingerprint density at radius 1 is 0.328 bits per heavy atom. The Morgan fingerprint density at radius 2 is 0.810 bits per heavy atom. The van der Waals surface area contributed by atoms with Crippen molar-refractivity contribution in [3.05, 3.63) is 235 Å². The Hall–Kier alpha value is -7.62. The molecule has 3 heteroatoms. The van der Waals surface area contributed by atoms with Crippen LogP contribution in [0.4, 0.5) is 17.1 Å². The maximum absolute atomic E-state index is 7.42. The minimum Gasteiger partial charge on any atom is -0.454 e. The van der Waals surface area contributed by atoms with Gasteiger partial charge >= 0.3 is 0 Å². The average Bonchev–Trinajstić information content (AvgIpc) is 3.97. The number of hydrogen-bond acceptors (Lipinski definition) is 3. The minimum absolute atomic E-state index is 0.602. The molecule has 0 spiro atoms. The standard InChI is InChI=1S/C55H35NO2/c1-3-16-36(17-4-1)37-32-34-39(35-33-37)56(49-29-14-24-43-42-22-9-12-31-51(42)57-53(43)49)50-30-15-25-45-44-23-13-28-48(52(44)58-54(45)50)55(38-18-5-2-6-19-38)46-26-10-7-20-40(46)41-21-8-11-27-47(41)55/h1-35H. The van der Waals surface area contributed by atoms with Gasteiger partial charge in [-0.1, -0.05) is 182 Å². The van der Waals surface area contributed by atoms with Crippen LogP contribution in [-0.2, 0) is 5.41 Å². The van der Waals surface area contributed by atoms with Gasteiger partial charge in [0.2, 0.25) is 0 Å². The first-order valence-electron chi connectivity index (χ1n) is 19.8. The smallest absolute Gasteiger partial charge is 0.159 e. The predicted molar refractivity (Wildman–Crippen MR) is 238 cm³/mol. The summed E-state index contributed by atoms with van der Waals surface area (Å²) in [5.74, 6) is 0. The zero-order valence-electron chi connectivity index (χ0n) is 31.5. The first-order chi connectivity index (χ1) is 28.8. The van der Waals surface area contributed by atoms with E-state index in [9.17, 15) is 0 Å². The van der Waals surface area contributed by atoms with Crippen molar-refractivity contribution in [3.8, 4) is 22.3 Å². The summed E-state index contributed by atoms with van der Waals surface area (Å²) in [7, 11) is 0. The monoisotopic (exact) mass is 741 g/mol. The molecule has 1 aliphatic rings. The van der Waals surface area contributed by atoms with Crippen molar-refractivity contribution in [3.63, 3.8) is 0 Å². The van der Waals surface area contributed by atoms with Gasteiger partial charge in [0.15, 0.2) is 11.2 Å². The van der Waals surface area contributed by atoms with Crippen molar-refractivity contribution in [2.45, 2.75) is 5.41 Å². The van der Waals surface area contributed by atoms with Gasteiger partial charge in [-0.05, 0) is 69.3 Å². The van der Waals surface area contributed by atoms with E-state index in [4.69, 9.17) is 8.83 Å². The molecule has 0 atom stereocenters. The van der Waals surface area contributed by atoms with Crippen LogP contribution in [0.15, 0.2) is 221 Å². The number of para-hydroxylation sites is 4. The number of nitrogens with zero attached hydrogens (tertiary/aromatic N) is 1. The number of anilines is 3. The molecule has 9 aromatic carbocycles. The summed E-state index contributed by atoms with van der Waals surface area (Å²) in [5.41, 5.74) is 15.3. The molecule has 0 aliphatic heterocycles. The van der Waals surface area contributed by atoms with E-state index in [-0.39, 0.29) is 0 Å². The van der Waals surface area contributed by atoms with Crippen LogP contribution in [0.1, 0.15) is 22.3 Å². The van der Waals surface area contributed by atoms with Crippen LogP contribution < -0.4 is 4.90 Å². The van der Waals surface area contributed by atoms with E-state index in [2.05, 4.69) is 205 Å². The third-order valence-corrected chi connectivity index (χ3v) is 12.2. The fourth-order valence-corrected chi connectivity index (χ4v) is 9.71. The van der Waals surface area contributed by atoms with E-state index in [1.54, 1.807) is 0 Å². The molecule has 0 fully saturated rings. The number of hydrogen-bond donors (Lipinski definition) is 0. The Labute approximate surface area is 335 Å². The fraction of sp³-hybridized carbons (Fsp3) is 0.0182. The summed E-state index contributed by atoms with van der Waals surface area (Å²) in [6.45, 7) is 0. The molecule has 0 N–H and O–H groups in total. The second kappa shape index (κ2) is 12.7. The highest BCUT2D eigenvalue weighted by atomic mass is 16.3. The lowest BCUT2D eigenvalue weighted by molar-refractivity contribution is 0.648. The van der Waals surface area contributed by atoms with Crippen molar-refractivity contribution in [2.75, 3.05) is 4.90 Å². The van der Waals surface area contributed by atoms with Gasteiger partial charge in [0.25, 0.3) is 0 Å². The van der Waals surface area contributed by atoms with Crippen LogP contribution in [0.25, 0.3) is 66.1 Å². The summed E-state index contributed by atoms with van der Waals surface area (Å²) >= 11 is 0. The van der Waals surface area contributed by atoms with Crippen LogP contribution in [-0.4, -0.2) is 0 Å². The third kappa shape index (κ3) is 4.62. The van der Waals surface area contributed by atoms with Crippen LogP contribution in [0, 0.1) is 0 Å². The van der Waals surface area contributed by atoms with Crippen LogP contribution in [0.3, 0.4) is 0 Å². The van der Waals surface area contributed by atoms with Gasteiger partial charge in [-0.25, -0.2) is 0 Å². The number of fused-ring (bicyclic) bond motifs is 9. The predicted octanol–water partition coefficient (Wildman–Crippen LogP) is 15.0. The Bertz CT molecular complexity index is 3290. The van der Waals surface area contributed by atoms with Gasteiger partial charge in [-0.2, -0.15) is 0 Å². The Morgan fingerprint density at radius 3 is 1.50 bits per heavy atom. The summed E-state index contributed by atoms with van der Waals surface area (Å²) < 4.78 is 14.1. The molecule has 0 saturated carbocycles. The van der Waals surface area contributed by atoms with Crippen molar-refractivity contribution in [1.82, 2.24) is 0 Å². The number of rotatable bonds is 6. The summed E-state index contributed by atoms with van der Waals surface area (Å²) in [6, 6.07) is 75.9. The topological polar surface area (TPSA) is 29.5 Å². The van der Waals surface area contributed by atoms with Gasteiger partial charge in [-0.3, -0.25) is 0 Å². The van der Waals surface area contributed by atoms with E-state index in [1.165, 1.54) is 33.4 Å². The third-order valence-electron chi connectivity index (χ3n) is 12.2. The van der Waals surface area contributed by atoms with Gasteiger partial charge < -0.3 is 13.7 Å². The molecule has 272 valence electrons. The van der Waals surface area contributed by atoms with Crippen molar-refractivity contribution < 1.29 is 8.83 Å². The highest BCUT2D eigenvalue weighted by molar-refractivity contribution is 6.14. The molecular formula is C55H35NO2. The van der Waals surface area contributed by atoms with Gasteiger partial charge in [-0.15, -0.1) is 0 Å². The molecule has 0 amide bonds. The molecule has 0 unspecified atom stereocenters. The van der Waals surface area contributed by atoms with Crippen LogP contribution in [0.2, 0.25) is 0 Å². The average molecular weight is 742 g/mol. The van der Waals surface area contributed by atoms with E-state index in [0.717, 1.165) is 72.1 Å².